The predicted molar refractivity (Wildman–Crippen MR) is 76.7 cm³/mol. The number of hydrogen-bond acceptors (Lipinski definition) is 3. The molecule has 0 radical (unpaired) electrons. The number of nitrogens with one attached hydrogen (secondary N) is 1. The van der Waals surface area contributed by atoms with Crippen LogP contribution in [-0.4, -0.2) is 36.5 Å². The van der Waals surface area contributed by atoms with E-state index in [1.807, 2.05) is 18.4 Å². The normalized spacial score (nSPS) is 12.8. The molecule has 0 bridgehead atoms. The number of carbonyl (C=O) groups is 1. The molecule has 17 heavy (non-hydrogen) atoms. The smallest absolute Gasteiger partial charge is 0.262 e. The molecule has 5 heteroatoms. The van der Waals surface area contributed by atoms with E-state index in [4.69, 9.17) is 0 Å². The molecule has 3 nitrogen and oxygen atoms in total. The first-order valence-electron chi connectivity index (χ1n) is 5.84. The predicted octanol–water partition coefficient (Wildman–Crippen LogP) is 2.97. The molecule has 1 aromatic rings. The Labute approximate surface area is 115 Å². The van der Waals surface area contributed by atoms with Gasteiger partial charge in [-0.1, -0.05) is 13.8 Å². The van der Waals surface area contributed by atoms with Crippen LogP contribution in [0.1, 0.15) is 30.4 Å². The maximum Gasteiger partial charge on any atom is 0.262 e. The highest BCUT2D eigenvalue weighted by molar-refractivity contribution is 9.10. The van der Waals surface area contributed by atoms with Crippen LogP contribution in [0.25, 0.3) is 0 Å². The number of nitrogens with zero attached hydrogens (tertiary/aromatic N) is 1. The molecule has 0 aromatic carbocycles. The average molecular weight is 319 g/mol. The second-order valence-electron chi connectivity index (χ2n) is 3.96. The van der Waals surface area contributed by atoms with Crippen LogP contribution in [0.5, 0.6) is 0 Å². The van der Waals surface area contributed by atoms with Crippen LogP contribution in [0.15, 0.2) is 15.9 Å². The van der Waals surface area contributed by atoms with Gasteiger partial charge in [-0.3, -0.25) is 4.79 Å². The van der Waals surface area contributed by atoms with E-state index in [0.29, 0.717) is 0 Å². The molecule has 0 aliphatic heterocycles. The fourth-order valence-corrected chi connectivity index (χ4v) is 3.11. The second-order valence-corrected chi connectivity index (χ2v) is 5.73. The quantitative estimate of drug-likeness (QED) is 0.874. The average Bonchev–Trinajstić information content (AvgIpc) is 2.72. The molecule has 1 amide bonds. The number of halogens is 1. The molecule has 0 saturated carbocycles. The summed E-state index contributed by atoms with van der Waals surface area (Å²) in [6.45, 7) is 9.22. The number of hydrogen-bond donors (Lipinski definition) is 1. The molecule has 1 N–H and O–H groups in total. The Bertz CT molecular complexity index is 363. The zero-order chi connectivity index (χ0) is 12.8. The van der Waals surface area contributed by atoms with Crippen LogP contribution in [0.4, 0.5) is 0 Å². The van der Waals surface area contributed by atoms with E-state index in [-0.39, 0.29) is 11.9 Å². The summed E-state index contributed by atoms with van der Waals surface area (Å²) in [5.41, 5.74) is 0. The first-order valence-corrected chi connectivity index (χ1v) is 7.51. The Kier molecular flexibility index (Phi) is 6.16. The molecule has 1 atom stereocenters. The van der Waals surface area contributed by atoms with Crippen LogP contribution in [0.2, 0.25) is 0 Å². The minimum absolute atomic E-state index is 0.00605. The fourth-order valence-electron chi connectivity index (χ4n) is 1.66. The van der Waals surface area contributed by atoms with Gasteiger partial charge in [0.2, 0.25) is 0 Å². The lowest BCUT2D eigenvalue weighted by Crippen LogP contribution is -2.41. The van der Waals surface area contributed by atoms with Gasteiger partial charge in [-0.05, 0) is 47.4 Å². The van der Waals surface area contributed by atoms with Gasteiger partial charge in [0.1, 0.15) is 4.88 Å². The second kappa shape index (κ2) is 7.13. The maximum absolute atomic E-state index is 11.9. The fraction of sp³-hybridized carbons (Fsp3) is 0.583. The number of rotatable bonds is 6. The standard InChI is InChI=1S/C12H19BrN2OS/c1-4-15(5-2)8-9(3)14-12(16)11-10(13)6-7-17-11/h6-7,9H,4-5,8H2,1-3H3,(H,14,16). The molecule has 0 spiro atoms. The van der Waals surface area contributed by atoms with Gasteiger partial charge in [-0.2, -0.15) is 0 Å². The Morgan fingerprint density at radius 3 is 2.65 bits per heavy atom. The lowest BCUT2D eigenvalue weighted by atomic mass is 10.3. The van der Waals surface area contributed by atoms with Crippen LogP contribution < -0.4 is 5.32 Å². The summed E-state index contributed by atoms with van der Waals surface area (Å²) in [7, 11) is 0. The Morgan fingerprint density at radius 2 is 2.18 bits per heavy atom. The first-order chi connectivity index (χ1) is 8.08. The van der Waals surface area contributed by atoms with E-state index >= 15 is 0 Å². The van der Waals surface area contributed by atoms with E-state index in [0.717, 1.165) is 29.0 Å². The first kappa shape index (κ1) is 14.7. The van der Waals surface area contributed by atoms with Gasteiger partial charge >= 0.3 is 0 Å². The summed E-state index contributed by atoms with van der Waals surface area (Å²) in [5, 5.41) is 4.93. The van der Waals surface area contributed by atoms with Crippen molar-refractivity contribution in [1.82, 2.24) is 10.2 Å². The summed E-state index contributed by atoms with van der Waals surface area (Å²) in [6, 6.07) is 2.06. The molecule has 0 saturated heterocycles. The van der Waals surface area contributed by atoms with Crippen LogP contribution >= 0.6 is 27.3 Å². The number of likely N-dealkylation sites (N-methyl/N-ethyl adjacent to an activating group) is 1. The SMILES string of the molecule is CCN(CC)CC(C)NC(=O)c1sccc1Br. The summed E-state index contributed by atoms with van der Waals surface area (Å²) in [6.07, 6.45) is 0. The van der Waals surface area contributed by atoms with Crippen molar-refractivity contribution >= 4 is 33.2 Å². The third kappa shape index (κ3) is 4.41. The van der Waals surface area contributed by atoms with Crippen molar-refractivity contribution in [3.8, 4) is 0 Å². The van der Waals surface area contributed by atoms with Gasteiger partial charge in [0, 0.05) is 17.1 Å². The molecule has 1 unspecified atom stereocenters. The number of carbonyl (C=O) groups excluding carboxylic acids is 1. The van der Waals surface area contributed by atoms with E-state index in [9.17, 15) is 4.79 Å². The van der Waals surface area contributed by atoms with Crippen molar-refractivity contribution in [2.75, 3.05) is 19.6 Å². The zero-order valence-corrected chi connectivity index (χ0v) is 12.9. The molecule has 1 rings (SSSR count). The van der Waals surface area contributed by atoms with E-state index in [1.165, 1.54) is 11.3 Å². The molecule has 1 aromatic heterocycles. The molecule has 0 fully saturated rings. The lowest BCUT2D eigenvalue weighted by Gasteiger charge is -2.23. The highest BCUT2D eigenvalue weighted by atomic mass is 79.9. The van der Waals surface area contributed by atoms with Gasteiger partial charge in [0.25, 0.3) is 5.91 Å². The third-order valence-electron chi connectivity index (χ3n) is 2.63. The van der Waals surface area contributed by atoms with E-state index in [2.05, 4.69) is 40.0 Å². The topological polar surface area (TPSA) is 32.3 Å². The molecular weight excluding hydrogens is 300 g/mol. The monoisotopic (exact) mass is 318 g/mol. The molecule has 0 aliphatic rings. The van der Waals surface area contributed by atoms with Crippen LogP contribution in [-0.2, 0) is 0 Å². The van der Waals surface area contributed by atoms with Crippen molar-refractivity contribution in [1.29, 1.82) is 0 Å². The third-order valence-corrected chi connectivity index (χ3v) is 4.46. The van der Waals surface area contributed by atoms with Crippen LogP contribution in [0, 0.1) is 0 Å². The van der Waals surface area contributed by atoms with E-state index in [1.54, 1.807) is 0 Å². The van der Waals surface area contributed by atoms with Gasteiger partial charge in [-0.15, -0.1) is 11.3 Å². The summed E-state index contributed by atoms with van der Waals surface area (Å²) < 4.78 is 0.870. The molecular formula is C12H19BrN2OS. The summed E-state index contributed by atoms with van der Waals surface area (Å²) >= 11 is 4.83. The minimum Gasteiger partial charge on any atom is -0.348 e. The summed E-state index contributed by atoms with van der Waals surface area (Å²) in [4.78, 5) is 15.0. The molecule has 96 valence electrons. The maximum atomic E-state index is 11.9. The Balaban J connectivity index is 2.49. The number of thiophene rings is 1. The molecule has 1 heterocycles. The van der Waals surface area contributed by atoms with Crippen molar-refractivity contribution in [2.45, 2.75) is 26.8 Å². The van der Waals surface area contributed by atoms with Gasteiger partial charge < -0.3 is 10.2 Å². The molecule has 0 aliphatic carbocycles. The van der Waals surface area contributed by atoms with Gasteiger partial charge in [0.05, 0.1) is 0 Å². The highest BCUT2D eigenvalue weighted by Crippen LogP contribution is 2.22. The lowest BCUT2D eigenvalue weighted by molar-refractivity contribution is 0.0933. The van der Waals surface area contributed by atoms with Crippen molar-refractivity contribution in [3.63, 3.8) is 0 Å². The van der Waals surface area contributed by atoms with Crippen molar-refractivity contribution in [3.05, 3.63) is 20.8 Å². The van der Waals surface area contributed by atoms with Gasteiger partial charge in [0.15, 0.2) is 0 Å². The van der Waals surface area contributed by atoms with Crippen LogP contribution in [0.3, 0.4) is 0 Å². The Hall–Kier alpha value is -0.390. The largest absolute Gasteiger partial charge is 0.348 e. The van der Waals surface area contributed by atoms with Gasteiger partial charge in [-0.25, -0.2) is 0 Å². The summed E-state index contributed by atoms with van der Waals surface area (Å²) in [5.74, 6) is 0.00605. The van der Waals surface area contributed by atoms with Crippen molar-refractivity contribution < 1.29 is 4.79 Å². The number of amides is 1. The van der Waals surface area contributed by atoms with E-state index < -0.39 is 0 Å². The zero-order valence-electron chi connectivity index (χ0n) is 10.5. The highest BCUT2D eigenvalue weighted by Gasteiger charge is 2.15. The minimum atomic E-state index is 0.00605. The Morgan fingerprint density at radius 1 is 1.53 bits per heavy atom. The van der Waals surface area contributed by atoms with Crippen molar-refractivity contribution in [2.24, 2.45) is 0 Å².